The summed E-state index contributed by atoms with van der Waals surface area (Å²) in [7, 11) is -2.69. The van der Waals surface area contributed by atoms with Gasteiger partial charge in [-0.05, 0) is 17.5 Å². The minimum atomic E-state index is -2.69. The van der Waals surface area contributed by atoms with Crippen molar-refractivity contribution in [2.75, 3.05) is 6.66 Å². The SMILES string of the molecule is CC(C)(C)C(P=O)(C(C)(C)C)P(C)(=O)C(C)(C)C. The highest BCUT2D eigenvalue weighted by Gasteiger charge is 2.64. The molecule has 1 atom stereocenters. The average molecular weight is 292 g/mol. The Balaban J connectivity index is 6.47. The molecule has 0 aliphatic heterocycles. The van der Waals surface area contributed by atoms with Crippen molar-refractivity contribution in [3.8, 4) is 0 Å². The van der Waals surface area contributed by atoms with Crippen LogP contribution in [0.5, 0.6) is 0 Å². The molecule has 0 N–H and O–H groups in total. The topological polar surface area (TPSA) is 34.1 Å². The molecule has 0 aliphatic carbocycles. The Morgan fingerprint density at radius 1 is 0.778 bits per heavy atom. The summed E-state index contributed by atoms with van der Waals surface area (Å²) < 4.78 is 25.7. The molecule has 4 heteroatoms. The Morgan fingerprint density at radius 3 is 1.11 bits per heavy atom. The third-order valence-electron chi connectivity index (χ3n) is 4.12. The standard InChI is InChI=1S/C14H30O2P2/c1-11(2,3)14(17-15,12(4,5)6)18(10,16)13(7,8)9/h1-10H3. The van der Waals surface area contributed by atoms with Crippen molar-refractivity contribution in [1.29, 1.82) is 0 Å². The fourth-order valence-corrected chi connectivity index (χ4v) is 8.84. The van der Waals surface area contributed by atoms with Crippen LogP contribution in [0.4, 0.5) is 0 Å². The van der Waals surface area contributed by atoms with E-state index >= 15 is 0 Å². The zero-order chi connectivity index (χ0) is 15.2. The molecule has 0 aromatic carbocycles. The summed E-state index contributed by atoms with van der Waals surface area (Å²) in [5.41, 5.74) is -0.599. The maximum Gasteiger partial charge on any atom is 0.171 e. The van der Waals surface area contributed by atoms with Crippen molar-refractivity contribution in [3.63, 3.8) is 0 Å². The average Bonchev–Trinajstić information content (AvgIpc) is 1.96. The van der Waals surface area contributed by atoms with Crippen LogP contribution in [-0.2, 0) is 9.13 Å². The lowest BCUT2D eigenvalue weighted by Crippen LogP contribution is -2.51. The van der Waals surface area contributed by atoms with Crippen molar-refractivity contribution in [2.45, 2.75) is 72.4 Å². The Bertz CT molecular complexity index is 351. The fraction of sp³-hybridized carbons (Fsp3) is 1.00. The molecule has 1 unspecified atom stereocenters. The van der Waals surface area contributed by atoms with Crippen molar-refractivity contribution in [2.24, 2.45) is 10.8 Å². The molecule has 0 amide bonds. The number of rotatable bonds is 2. The van der Waals surface area contributed by atoms with Crippen LogP contribution in [0.2, 0.25) is 0 Å². The molecular formula is C14H30O2P2. The van der Waals surface area contributed by atoms with Gasteiger partial charge in [0.2, 0.25) is 0 Å². The Morgan fingerprint density at radius 2 is 1.06 bits per heavy atom. The first-order chi connectivity index (χ1) is 7.56. The van der Waals surface area contributed by atoms with Crippen molar-refractivity contribution >= 4 is 15.6 Å². The van der Waals surface area contributed by atoms with E-state index in [9.17, 15) is 9.13 Å². The van der Waals surface area contributed by atoms with E-state index in [1.807, 2.05) is 69.0 Å². The normalized spacial score (nSPS) is 18.8. The van der Waals surface area contributed by atoms with Gasteiger partial charge in [-0.25, -0.2) is 0 Å². The molecule has 0 saturated carbocycles. The monoisotopic (exact) mass is 292 g/mol. The van der Waals surface area contributed by atoms with E-state index in [2.05, 4.69) is 0 Å². The molecular weight excluding hydrogens is 262 g/mol. The lowest BCUT2D eigenvalue weighted by molar-refractivity contribution is 0.199. The van der Waals surface area contributed by atoms with Gasteiger partial charge in [-0.1, -0.05) is 62.3 Å². The third-order valence-corrected chi connectivity index (χ3v) is 12.3. The van der Waals surface area contributed by atoms with Crippen molar-refractivity contribution < 1.29 is 9.13 Å². The van der Waals surface area contributed by atoms with Crippen LogP contribution in [0.15, 0.2) is 0 Å². The van der Waals surface area contributed by atoms with Crippen LogP contribution in [0.1, 0.15) is 62.3 Å². The first kappa shape index (κ1) is 18.3. The molecule has 108 valence electrons. The minimum absolute atomic E-state index is 0.00712. The van der Waals surface area contributed by atoms with Gasteiger partial charge in [0.1, 0.15) is 12.0 Å². The van der Waals surface area contributed by atoms with Crippen LogP contribution >= 0.6 is 15.6 Å². The molecule has 0 heterocycles. The largest absolute Gasteiger partial charge is 0.322 e. The number of hydrogen-bond acceptors (Lipinski definition) is 2. The molecule has 0 saturated heterocycles. The lowest BCUT2D eigenvalue weighted by atomic mass is 9.76. The van der Waals surface area contributed by atoms with E-state index in [0.717, 1.165) is 0 Å². The zero-order valence-corrected chi connectivity index (χ0v) is 15.5. The fourth-order valence-electron chi connectivity index (χ4n) is 3.24. The van der Waals surface area contributed by atoms with Crippen LogP contribution in [0.3, 0.4) is 0 Å². The highest BCUT2D eigenvalue weighted by Crippen LogP contribution is 2.78. The van der Waals surface area contributed by atoms with Crippen LogP contribution in [0.25, 0.3) is 0 Å². The molecule has 2 nitrogen and oxygen atoms in total. The summed E-state index contributed by atoms with van der Waals surface area (Å²) in [6, 6.07) is 0. The third kappa shape index (κ3) is 2.48. The Labute approximate surface area is 115 Å². The van der Waals surface area contributed by atoms with Gasteiger partial charge in [0.25, 0.3) is 0 Å². The van der Waals surface area contributed by atoms with Gasteiger partial charge in [0.15, 0.2) is 8.46 Å². The first-order valence-electron chi connectivity index (χ1n) is 6.48. The summed E-state index contributed by atoms with van der Waals surface area (Å²) in [6.07, 6.45) is 0. The highest BCUT2D eigenvalue weighted by atomic mass is 31.2. The highest BCUT2D eigenvalue weighted by molar-refractivity contribution is 7.73. The second kappa shape index (κ2) is 4.71. The molecule has 0 bridgehead atoms. The van der Waals surface area contributed by atoms with Gasteiger partial charge in [-0.3, -0.25) is 4.57 Å². The molecule has 0 fully saturated rings. The summed E-state index contributed by atoms with van der Waals surface area (Å²) in [4.78, 5) is -0.731. The van der Waals surface area contributed by atoms with Gasteiger partial charge in [0, 0.05) is 5.16 Å². The predicted octanol–water partition coefficient (Wildman–Crippen LogP) is 5.86. The summed E-state index contributed by atoms with van der Waals surface area (Å²) in [6.45, 7) is 20.1. The van der Waals surface area contributed by atoms with E-state index < -0.39 is 12.0 Å². The Kier molecular flexibility index (Phi) is 4.79. The maximum absolute atomic E-state index is 13.6. The van der Waals surface area contributed by atoms with Gasteiger partial charge in [0.05, 0.1) is 0 Å². The maximum atomic E-state index is 13.6. The summed E-state index contributed by atoms with van der Waals surface area (Å²) in [5, 5.41) is -0.356. The second-order valence-electron chi connectivity index (χ2n) is 8.36. The van der Waals surface area contributed by atoms with Gasteiger partial charge in [-0.2, -0.15) is 0 Å². The number of hydrogen-bond donors (Lipinski definition) is 0. The molecule has 0 radical (unpaired) electrons. The van der Waals surface area contributed by atoms with Gasteiger partial charge < -0.3 is 4.57 Å². The second-order valence-corrected chi connectivity index (χ2v) is 13.4. The summed E-state index contributed by atoms with van der Waals surface area (Å²) >= 11 is 0. The minimum Gasteiger partial charge on any atom is -0.322 e. The Hall–Kier alpha value is 0.330. The molecule has 0 spiro atoms. The van der Waals surface area contributed by atoms with Crippen LogP contribution < -0.4 is 0 Å². The van der Waals surface area contributed by atoms with Gasteiger partial charge >= 0.3 is 0 Å². The lowest BCUT2D eigenvalue weighted by Gasteiger charge is -2.55. The smallest absolute Gasteiger partial charge is 0.171 e. The van der Waals surface area contributed by atoms with Crippen LogP contribution in [0, 0.1) is 10.8 Å². The van der Waals surface area contributed by atoms with Crippen molar-refractivity contribution in [1.82, 2.24) is 0 Å². The quantitative estimate of drug-likeness (QED) is 0.597. The summed E-state index contributed by atoms with van der Waals surface area (Å²) in [5.74, 6) is 0. The zero-order valence-electron chi connectivity index (χ0n) is 13.7. The predicted molar refractivity (Wildman–Crippen MR) is 82.5 cm³/mol. The molecule has 0 aromatic heterocycles. The van der Waals surface area contributed by atoms with E-state index in [1.165, 1.54) is 0 Å². The van der Waals surface area contributed by atoms with E-state index in [1.54, 1.807) is 0 Å². The van der Waals surface area contributed by atoms with Gasteiger partial charge in [-0.15, -0.1) is 0 Å². The molecule has 0 aromatic rings. The molecule has 0 aliphatic rings. The van der Waals surface area contributed by atoms with E-state index in [-0.39, 0.29) is 24.4 Å². The first-order valence-corrected chi connectivity index (χ1v) is 9.45. The van der Waals surface area contributed by atoms with Crippen molar-refractivity contribution in [3.05, 3.63) is 0 Å². The van der Waals surface area contributed by atoms with E-state index in [4.69, 9.17) is 0 Å². The molecule has 18 heavy (non-hydrogen) atoms. The van der Waals surface area contributed by atoms with E-state index in [0.29, 0.717) is 0 Å². The van der Waals surface area contributed by atoms with Crippen LogP contribution in [-0.4, -0.2) is 16.7 Å². The molecule has 0 rings (SSSR count).